The Labute approximate surface area is 194 Å². The minimum absolute atomic E-state index is 0.00691. The van der Waals surface area contributed by atoms with E-state index >= 15 is 0 Å². The van der Waals surface area contributed by atoms with Crippen LogP contribution in [0.4, 0.5) is 0 Å². The number of carbonyl (C=O) groups excluding carboxylic acids is 2. The second-order valence-corrected chi connectivity index (χ2v) is 9.12. The summed E-state index contributed by atoms with van der Waals surface area (Å²) in [4.78, 5) is 33.7. The lowest BCUT2D eigenvalue weighted by Gasteiger charge is -2.27. The van der Waals surface area contributed by atoms with Crippen molar-refractivity contribution in [3.05, 3.63) is 76.2 Å². The van der Waals surface area contributed by atoms with Crippen LogP contribution in [0.1, 0.15) is 40.5 Å². The first kappa shape index (κ1) is 22.7. The molecule has 2 aromatic heterocycles. The van der Waals surface area contributed by atoms with Crippen molar-refractivity contribution in [2.75, 3.05) is 27.2 Å². The van der Waals surface area contributed by atoms with E-state index in [0.29, 0.717) is 23.6 Å². The summed E-state index contributed by atoms with van der Waals surface area (Å²) in [5.74, 6) is -1.76. The molecule has 0 radical (unpaired) electrons. The molecule has 0 saturated carbocycles. The van der Waals surface area contributed by atoms with Gasteiger partial charge in [0, 0.05) is 24.7 Å². The number of likely N-dealkylation sites (tertiary alicyclic amines) is 1. The van der Waals surface area contributed by atoms with Gasteiger partial charge in [0.05, 0.1) is 38.1 Å². The molecule has 0 bridgehead atoms. The molecule has 1 unspecified atom stereocenters. The van der Waals surface area contributed by atoms with Gasteiger partial charge in [-0.1, -0.05) is 41.7 Å². The van der Waals surface area contributed by atoms with E-state index in [-0.39, 0.29) is 5.57 Å². The van der Waals surface area contributed by atoms with Crippen LogP contribution in [0.15, 0.2) is 48.2 Å². The molecule has 7 heteroatoms. The molecule has 3 heterocycles. The Hall–Kier alpha value is -3.45. The Balaban J connectivity index is 1.89. The number of pyridine rings is 1. The third kappa shape index (κ3) is 4.04. The number of rotatable bonds is 6. The van der Waals surface area contributed by atoms with Crippen molar-refractivity contribution < 1.29 is 19.6 Å². The number of hydrogen-bond acceptors (Lipinski definition) is 4. The number of carbonyl (C=O) groups is 2. The maximum absolute atomic E-state index is 13.9. The predicted molar refractivity (Wildman–Crippen MR) is 125 cm³/mol. The number of ketones is 1. The number of benzene rings is 1. The average Bonchev–Trinajstić information content (AvgIpc) is 3.23. The maximum atomic E-state index is 13.9. The molecule has 0 aliphatic carbocycles. The minimum atomic E-state index is -0.718. The van der Waals surface area contributed by atoms with Gasteiger partial charge in [0.1, 0.15) is 5.65 Å². The van der Waals surface area contributed by atoms with Gasteiger partial charge in [-0.05, 0) is 38.0 Å². The number of aromatic nitrogens is 2. The molecular formula is C26H30N4O3. The molecule has 1 amide bonds. The highest BCUT2D eigenvalue weighted by Crippen LogP contribution is 2.39. The number of imidazole rings is 1. The van der Waals surface area contributed by atoms with Gasteiger partial charge in [0.15, 0.2) is 0 Å². The summed E-state index contributed by atoms with van der Waals surface area (Å²) in [5, 5.41) is 13.9. The SMILES string of the molecule is Cc1ccc(C2C(=C([O-])c3c(C)nc4c(C)cccn34)C(=O)C(=O)N2CCC[NH+](C)C)cc1. The third-order valence-electron chi connectivity index (χ3n) is 6.23. The summed E-state index contributed by atoms with van der Waals surface area (Å²) in [6.07, 6.45) is 2.51. The molecule has 1 fully saturated rings. The van der Waals surface area contributed by atoms with Crippen LogP contribution in [0.2, 0.25) is 0 Å². The first-order chi connectivity index (χ1) is 15.7. The van der Waals surface area contributed by atoms with Crippen LogP contribution in [-0.4, -0.2) is 53.2 Å². The van der Waals surface area contributed by atoms with E-state index in [1.54, 1.807) is 22.4 Å². The van der Waals surface area contributed by atoms with Gasteiger partial charge >= 0.3 is 0 Å². The zero-order valence-corrected chi connectivity index (χ0v) is 19.8. The molecule has 1 aliphatic rings. The van der Waals surface area contributed by atoms with Crippen LogP contribution in [0.25, 0.3) is 11.4 Å². The molecular weight excluding hydrogens is 416 g/mol. The summed E-state index contributed by atoms with van der Waals surface area (Å²) in [6.45, 7) is 6.94. The van der Waals surface area contributed by atoms with Gasteiger partial charge in [-0.25, -0.2) is 4.98 Å². The Morgan fingerprint density at radius 3 is 2.45 bits per heavy atom. The summed E-state index contributed by atoms with van der Waals surface area (Å²) in [7, 11) is 4.09. The number of nitrogens with one attached hydrogen (secondary N) is 1. The average molecular weight is 447 g/mol. The molecule has 7 nitrogen and oxygen atoms in total. The Morgan fingerprint density at radius 1 is 1.09 bits per heavy atom. The van der Waals surface area contributed by atoms with Crippen LogP contribution in [0.5, 0.6) is 0 Å². The van der Waals surface area contributed by atoms with Crippen molar-refractivity contribution in [1.29, 1.82) is 0 Å². The van der Waals surface area contributed by atoms with Crippen LogP contribution in [-0.2, 0) is 9.59 Å². The fourth-order valence-corrected chi connectivity index (χ4v) is 4.52. The van der Waals surface area contributed by atoms with Crippen molar-refractivity contribution >= 4 is 23.1 Å². The molecule has 3 aromatic rings. The van der Waals surface area contributed by atoms with Crippen molar-refractivity contribution in [2.45, 2.75) is 33.2 Å². The van der Waals surface area contributed by atoms with Crippen molar-refractivity contribution in [1.82, 2.24) is 14.3 Å². The fraction of sp³-hybridized carbons (Fsp3) is 0.346. The van der Waals surface area contributed by atoms with Crippen molar-refractivity contribution in [3.63, 3.8) is 0 Å². The monoisotopic (exact) mass is 446 g/mol. The number of quaternary nitrogens is 1. The van der Waals surface area contributed by atoms with Gasteiger partial charge < -0.3 is 19.3 Å². The van der Waals surface area contributed by atoms with E-state index in [0.717, 1.165) is 29.7 Å². The van der Waals surface area contributed by atoms with Crippen LogP contribution in [0, 0.1) is 20.8 Å². The molecule has 1 aliphatic heterocycles. The highest BCUT2D eigenvalue weighted by atomic mass is 16.3. The van der Waals surface area contributed by atoms with E-state index in [1.807, 2.05) is 64.3 Å². The second kappa shape index (κ2) is 8.83. The summed E-state index contributed by atoms with van der Waals surface area (Å²) < 4.78 is 1.72. The fourth-order valence-electron chi connectivity index (χ4n) is 4.52. The van der Waals surface area contributed by atoms with E-state index in [9.17, 15) is 14.7 Å². The molecule has 1 aromatic carbocycles. The number of nitrogens with zero attached hydrogens (tertiary/aromatic N) is 3. The molecule has 1 atom stereocenters. The minimum Gasteiger partial charge on any atom is -0.871 e. The molecule has 4 rings (SSSR count). The zero-order chi connectivity index (χ0) is 23.9. The van der Waals surface area contributed by atoms with Crippen LogP contribution >= 0.6 is 0 Å². The number of aryl methyl sites for hydroxylation is 3. The molecule has 172 valence electrons. The second-order valence-electron chi connectivity index (χ2n) is 9.12. The van der Waals surface area contributed by atoms with Crippen molar-refractivity contribution in [2.24, 2.45) is 0 Å². The standard InChI is InChI=1S/C26H30N4O3/c1-16-9-11-19(12-10-16)22-20(24(32)26(33)30(22)15-7-13-28(4)5)23(31)21-18(3)27-25-17(2)8-6-14-29(21)25/h6,8-12,14,22,31H,7,13,15H2,1-5H3. The highest BCUT2D eigenvalue weighted by Gasteiger charge is 2.44. The molecule has 1 N–H and O–H groups in total. The van der Waals surface area contributed by atoms with Gasteiger partial charge in [-0.15, -0.1) is 0 Å². The van der Waals surface area contributed by atoms with E-state index in [1.165, 1.54) is 4.90 Å². The Morgan fingerprint density at radius 2 is 1.79 bits per heavy atom. The quantitative estimate of drug-likeness (QED) is 0.348. The normalized spacial score (nSPS) is 18.1. The van der Waals surface area contributed by atoms with E-state index in [4.69, 9.17) is 0 Å². The number of hydrogen-bond donors (Lipinski definition) is 1. The van der Waals surface area contributed by atoms with Gasteiger partial charge in [-0.3, -0.25) is 9.59 Å². The summed E-state index contributed by atoms with van der Waals surface area (Å²) in [6, 6.07) is 10.7. The summed E-state index contributed by atoms with van der Waals surface area (Å²) in [5.41, 5.74) is 4.32. The number of Topliss-reactive ketones (excluding diaryl/α,β-unsaturated/α-hetero) is 1. The van der Waals surface area contributed by atoms with Gasteiger partial charge in [0.25, 0.3) is 5.91 Å². The largest absolute Gasteiger partial charge is 0.871 e. The maximum Gasteiger partial charge on any atom is 0.295 e. The molecule has 33 heavy (non-hydrogen) atoms. The Kier molecular flexibility index (Phi) is 6.08. The first-order valence-electron chi connectivity index (χ1n) is 11.3. The van der Waals surface area contributed by atoms with Gasteiger partial charge in [-0.2, -0.15) is 0 Å². The number of fused-ring (bicyclic) bond motifs is 1. The lowest BCUT2D eigenvalue weighted by atomic mass is 9.95. The third-order valence-corrected chi connectivity index (χ3v) is 6.23. The van der Waals surface area contributed by atoms with E-state index in [2.05, 4.69) is 4.98 Å². The Bertz CT molecular complexity index is 1250. The van der Waals surface area contributed by atoms with Crippen LogP contribution in [0.3, 0.4) is 0 Å². The zero-order valence-electron chi connectivity index (χ0n) is 19.8. The predicted octanol–water partition coefficient (Wildman–Crippen LogP) is 1.02. The van der Waals surface area contributed by atoms with Gasteiger partial charge in [0.2, 0.25) is 5.78 Å². The molecule has 0 spiro atoms. The van der Waals surface area contributed by atoms with Crippen LogP contribution < -0.4 is 10.0 Å². The lowest BCUT2D eigenvalue weighted by Crippen LogP contribution is -3.05. The highest BCUT2D eigenvalue weighted by molar-refractivity contribution is 6.46. The first-order valence-corrected chi connectivity index (χ1v) is 11.3. The van der Waals surface area contributed by atoms with Crippen molar-refractivity contribution in [3.8, 4) is 0 Å². The number of amides is 1. The smallest absolute Gasteiger partial charge is 0.295 e. The van der Waals surface area contributed by atoms with E-state index < -0.39 is 23.5 Å². The topological polar surface area (TPSA) is 82.2 Å². The molecule has 1 saturated heterocycles. The lowest BCUT2D eigenvalue weighted by molar-refractivity contribution is -0.858. The summed E-state index contributed by atoms with van der Waals surface area (Å²) >= 11 is 0.